The molecule has 0 amide bonds. The Bertz CT molecular complexity index is 832. The highest BCUT2D eigenvalue weighted by Gasteiger charge is 2.16. The van der Waals surface area contributed by atoms with E-state index < -0.39 is 0 Å². The number of allylic oxidation sites excluding steroid dienone is 2. The van der Waals surface area contributed by atoms with Crippen molar-refractivity contribution in [3.63, 3.8) is 0 Å². The van der Waals surface area contributed by atoms with Crippen molar-refractivity contribution in [2.75, 3.05) is 37.6 Å². The van der Waals surface area contributed by atoms with Crippen LogP contribution >= 0.6 is 0 Å². The molecule has 0 radical (unpaired) electrons. The maximum atomic E-state index is 8.78. The molecule has 0 saturated carbocycles. The molecule has 2 heterocycles. The van der Waals surface area contributed by atoms with E-state index in [0.29, 0.717) is 18.1 Å². The number of aromatic nitrogens is 2. The molecule has 2 N–H and O–H groups in total. The van der Waals surface area contributed by atoms with Crippen molar-refractivity contribution >= 4 is 17.5 Å². The monoisotopic (exact) mass is 346 g/mol. The number of hydrogen-bond donors (Lipinski definition) is 2. The molecule has 3 rings (SSSR count). The zero-order valence-electron chi connectivity index (χ0n) is 14.7. The minimum absolute atomic E-state index is 0.349. The van der Waals surface area contributed by atoms with Crippen LogP contribution in [0.3, 0.4) is 0 Å². The van der Waals surface area contributed by atoms with E-state index in [-0.39, 0.29) is 0 Å². The fraction of sp³-hybridized carbons (Fsp3) is 0.250. The molecular formula is C20H22N6. The van der Waals surface area contributed by atoms with Gasteiger partial charge in [0, 0.05) is 31.9 Å². The largest absolute Gasteiger partial charge is 0.369 e. The highest BCUT2D eigenvalue weighted by Crippen LogP contribution is 2.23. The highest BCUT2D eigenvalue weighted by molar-refractivity contribution is 6.03. The molecule has 6 nitrogen and oxygen atoms in total. The van der Waals surface area contributed by atoms with Gasteiger partial charge in [-0.05, 0) is 35.9 Å². The number of H-pyrrole nitrogens is 1. The van der Waals surface area contributed by atoms with Crippen LogP contribution in [0.25, 0.3) is 17.3 Å². The number of nitrogens with one attached hydrogen (secondary N) is 2. The lowest BCUT2D eigenvalue weighted by molar-refractivity contribution is 0.287. The predicted molar refractivity (Wildman–Crippen MR) is 105 cm³/mol. The molecular weight excluding hydrogens is 324 g/mol. The van der Waals surface area contributed by atoms with Crippen molar-refractivity contribution in [3.8, 4) is 17.3 Å². The number of hydrogen-bond acceptors (Lipinski definition) is 5. The van der Waals surface area contributed by atoms with Gasteiger partial charge in [-0.2, -0.15) is 5.26 Å². The molecule has 0 aliphatic carbocycles. The molecule has 6 heteroatoms. The molecule has 1 aliphatic rings. The standard InChI is InChI=1S/C20H22N6/c1-2-17(22)5-8-20-23-15-19(24-20)16-3-6-18(7-4-16)26-13-11-25(10-9-21)12-14-26/h2-8,15,22H,1,10-14H2,(H,23,24)/b8-5-,22-17?. The number of imidazole rings is 1. The molecule has 1 aromatic carbocycles. The van der Waals surface area contributed by atoms with Crippen LogP contribution in [0.15, 0.2) is 49.2 Å². The summed E-state index contributed by atoms with van der Waals surface area (Å²) in [5.74, 6) is 0.712. The quantitative estimate of drug-likeness (QED) is 0.622. The molecule has 1 saturated heterocycles. The van der Waals surface area contributed by atoms with E-state index in [4.69, 9.17) is 10.7 Å². The van der Waals surface area contributed by atoms with Gasteiger partial charge in [-0.15, -0.1) is 0 Å². The minimum atomic E-state index is 0.349. The molecule has 1 aromatic heterocycles. The van der Waals surface area contributed by atoms with Gasteiger partial charge in [0.15, 0.2) is 0 Å². The van der Waals surface area contributed by atoms with Gasteiger partial charge < -0.3 is 15.3 Å². The fourth-order valence-corrected chi connectivity index (χ4v) is 2.92. The van der Waals surface area contributed by atoms with E-state index in [1.54, 1.807) is 18.3 Å². The van der Waals surface area contributed by atoms with Crippen LogP contribution in [0.1, 0.15) is 5.82 Å². The van der Waals surface area contributed by atoms with E-state index in [2.05, 4.69) is 56.7 Å². The number of anilines is 1. The zero-order chi connectivity index (χ0) is 18.4. The Balaban J connectivity index is 1.64. The van der Waals surface area contributed by atoms with Crippen LogP contribution < -0.4 is 4.90 Å². The van der Waals surface area contributed by atoms with Gasteiger partial charge in [0.1, 0.15) is 5.82 Å². The van der Waals surface area contributed by atoms with Gasteiger partial charge in [-0.3, -0.25) is 4.90 Å². The Morgan fingerprint density at radius 3 is 2.65 bits per heavy atom. The lowest BCUT2D eigenvalue weighted by Crippen LogP contribution is -2.46. The van der Waals surface area contributed by atoms with Gasteiger partial charge in [-0.1, -0.05) is 18.7 Å². The molecule has 2 aromatic rings. The summed E-state index contributed by atoms with van der Waals surface area (Å²) in [4.78, 5) is 12.1. The summed E-state index contributed by atoms with van der Waals surface area (Å²) >= 11 is 0. The summed E-state index contributed by atoms with van der Waals surface area (Å²) in [6, 6.07) is 10.6. The Kier molecular flexibility index (Phi) is 5.62. The first kappa shape index (κ1) is 17.6. The average Bonchev–Trinajstić information content (AvgIpc) is 3.16. The molecule has 26 heavy (non-hydrogen) atoms. The lowest BCUT2D eigenvalue weighted by atomic mass is 10.1. The highest BCUT2D eigenvalue weighted by atomic mass is 15.3. The summed E-state index contributed by atoms with van der Waals surface area (Å²) in [7, 11) is 0. The second kappa shape index (κ2) is 8.28. The van der Waals surface area contributed by atoms with Crippen LogP contribution in [-0.4, -0.2) is 53.3 Å². The van der Waals surface area contributed by atoms with Crippen molar-refractivity contribution < 1.29 is 0 Å². The Hall–Kier alpha value is -3.17. The van der Waals surface area contributed by atoms with Gasteiger partial charge in [0.05, 0.1) is 30.2 Å². The normalized spacial score (nSPS) is 15.1. The molecule has 1 fully saturated rings. The Morgan fingerprint density at radius 1 is 1.27 bits per heavy atom. The van der Waals surface area contributed by atoms with Crippen LogP contribution in [0, 0.1) is 16.7 Å². The summed E-state index contributed by atoms with van der Waals surface area (Å²) < 4.78 is 0. The van der Waals surface area contributed by atoms with E-state index in [1.807, 2.05) is 0 Å². The van der Waals surface area contributed by atoms with Crippen LogP contribution in [0.2, 0.25) is 0 Å². The van der Waals surface area contributed by atoms with Crippen molar-refractivity contribution in [1.29, 1.82) is 10.7 Å². The van der Waals surface area contributed by atoms with Crippen molar-refractivity contribution in [3.05, 3.63) is 55.0 Å². The van der Waals surface area contributed by atoms with E-state index in [0.717, 1.165) is 37.4 Å². The SMILES string of the molecule is C=CC(=N)/C=C\c1ncc(-c2ccc(N3CCN(CC#N)CC3)cc2)[nH]1. The first-order valence-corrected chi connectivity index (χ1v) is 8.58. The molecule has 0 atom stereocenters. The molecule has 1 aliphatic heterocycles. The molecule has 132 valence electrons. The van der Waals surface area contributed by atoms with Crippen LogP contribution in [0.5, 0.6) is 0 Å². The van der Waals surface area contributed by atoms with E-state index >= 15 is 0 Å². The third-order valence-electron chi connectivity index (χ3n) is 4.45. The predicted octanol–water partition coefficient (Wildman–Crippen LogP) is 2.94. The number of rotatable bonds is 6. The number of nitrogens with zero attached hydrogens (tertiary/aromatic N) is 4. The average molecular weight is 346 g/mol. The number of nitriles is 1. The summed E-state index contributed by atoms with van der Waals surface area (Å²) in [5.41, 5.74) is 3.56. The van der Waals surface area contributed by atoms with Crippen LogP contribution in [0.4, 0.5) is 5.69 Å². The van der Waals surface area contributed by atoms with Crippen molar-refractivity contribution in [1.82, 2.24) is 14.9 Å². The topological polar surface area (TPSA) is 82.8 Å². The van der Waals surface area contributed by atoms with Gasteiger partial charge >= 0.3 is 0 Å². The zero-order valence-corrected chi connectivity index (χ0v) is 14.7. The number of piperazine rings is 1. The fourth-order valence-electron chi connectivity index (χ4n) is 2.92. The first-order valence-electron chi connectivity index (χ1n) is 8.58. The Morgan fingerprint density at radius 2 is 2.00 bits per heavy atom. The van der Waals surface area contributed by atoms with E-state index in [1.165, 1.54) is 11.8 Å². The molecule has 0 bridgehead atoms. The van der Waals surface area contributed by atoms with E-state index in [9.17, 15) is 0 Å². The number of benzene rings is 1. The second-order valence-corrected chi connectivity index (χ2v) is 6.14. The third-order valence-corrected chi connectivity index (χ3v) is 4.45. The molecule has 0 spiro atoms. The Labute approximate surface area is 153 Å². The summed E-state index contributed by atoms with van der Waals surface area (Å²) in [6.07, 6.45) is 6.71. The first-order chi connectivity index (χ1) is 12.7. The number of aromatic amines is 1. The van der Waals surface area contributed by atoms with Crippen molar-refractivity contribution in [2.45, 2.75) is 0 Å². The maximum Gasteiger partial charge on any atom is 0.130 e. The van der Waals surface area contributed by atoms with Gasteiger partial charge in [-0.25, -0.2) is 4.98 Å². The lowest BCUT2D eigenvalue weighted by Gasteiger charge is -2.35. The third kappa shape index (κ3) is 4.26. The summed E-state index contributed by atoms with van der Waals surface area (Å²) in [5, 5.41) is 16.3. The van der Waals surface area contributed by atoms with Crippen molar-refractivity contribution in [2.24, 2.45) is 0 Å². The maximum absolute atomic E-state index is 8.78. The van der Waals surface area contributed by atoms with Crippen LogP contribution in [-0.2, 0) is 0 Å². The summed E-state index contributed by atoms with van der Waals surface area (Å²) in [6.45, 7) is 7.79. The van der Waals surface area contributed by atoms with Gasteiger partial charge in [0.2, 0.25) is 0 Å². The molecule has 0 unspecified atom stereocenters. The smallest absolute Gasteiger partial charge is 0.130 e. The minimum Gasteiger partial charge on any atom is -0.369 e. The van der Waals surface area contributed by atoms with Gasteiger partial charge in [0.25, 0.3) is 0 Å². The second-order valence-electron chi connectivity index (χ2n) is 6.14.